The van der Waals surface area contributed by atoms with Gasteiger partial charge in [-0.25, -0.2) is 0 Å². The van der Waals surface area contributed by atoms with Gasteiger partial charge in [-0.3, -0.25) is 9.88 Å². The normalized spacial score (nSPS) is 17.8. The second-order valence-corrected chi connectivity index (χ2v) is 6.04. The molecule has 0 radical (unpaired) electrons. The lowest BCUT2D eigenvalue weighted by Gasteiger charge is -2.33. The number of nitrogens with zero attached hydrogens (tertiary/aromatic N) is 2. The zero-order chi connectivity index (χ0) is 15.9. The maximum atomic E-state index is 10.5. The first-order chi connectivity index (χ1) is 11.3. The minimum atomic E-state index is -0.445. The molecule has 0 saturated carbocycles. The Morgan fingerprint density at radius 1 is 1.09 bits per heavy atom. The lowest BCUT2D eigenvalue weighted by atomic mass is 9.89. The number of piperidine rings is 1. The number of pyridine rings is 1. The van der Waals surface area contributed by atoms with Crippen LogP contribution in [-0.4, -0.2) is 41.2 Å². The van der Waals surface area contributed by atoms with Crippen molar-refractivity contribution in [1.29, 1.82) is 0 Å². The Morgan fingerprint density at radius 2 is 1.83 bits per heavy atom. The predicted molar refractivity (Wildman–Crippen MR) is 90.3 cm³/mol. The zero-order valence-electron chi connectivity index (χ0n) is 13.3. The smallest absolute Gasteiger partial charge is 0.119 e. The van der Waals surface area contributed by atoms with Crippen molar-refractivity contribution in [2.24, 2.45) is 5.92 Å². The fourth-order valence-corrected chi connectivity index (χ4v) is 3.09. The molecule has 0 spiro atoms. The van der Waals surface area contributed by atoms with Gasteiger partial charge in [0, 0.05) is 12.7 Å². The highest BCUT2D eigenvalue weighted by atomic mass is 16.5. The first kappa shape index (κ1) is 16.0. The van der Waals surface area contributed by atoms with Crippen LogP contribution in [0.1, 0.15) is 24.6 Å². The lowest BCUT2D eigenvalue weighted by Crippen LogP contribution is -2.38. The largest absolute Gasteiger partial charge is 0.492 e. The van der Waals surface area contributed by atoms with Crippen LogP contribution >= 0.6 is 0 Å². The van der Waals surface area contributed by atoms with E-state index in [-0.39, 0.29) is 0 Å². The molecule has 4 nitrogen and oxygen atoms in total. The third-order valence-electron chi connectivity index (χ3n) is 4.49. The van der Waals surface area contributed by atoms with Crippen molar-refractivity contribution in [2.45, 2.75) is 18.9 Å². The van der Waals surface area contributed by atoms with Crippen LogP contribution in [-0.2, 0) is 0 Å². The van der Waals surface area contributed by atoms with Gasteiger partial charge in [0.2, 0.25) is 0 Å². The van der Waals surface area contributed by atoms with Crippen molar-refractivity contribution in [2.75, 3.05) is 26.2 Å². The number of aromatic nitrogens is 1. The minimum absolute atomic E-state index is 0.302. The van der Waals surface area contributed by atoms with Gasteiger partial charge in [0.15, 0.2) is 0 Å². The zero-order valence-corrected chi connectivity index (χ0v) is 13.3. The highest BCUT2D eigenvalue weighted by molar-refractivity contribution is 5.20. The number of benzene rings is 1. The molecule has 1 saturated heterocycles. The van der Waals surface area contributed by atoms with E-state index in [1.165, 1.54) is 0 Å². The van der Waals surface area contributed by atoms with Gasteiger partial charge in [-0.2, -0.15) is 0 Å². The van der Waals surface area contributed by atoms with Crippen LogP contribution in [0.4, 0.5) is 0 Å². The third kappa shape index (κ3) is 4.53. The van der Waals surface area contributed by atoms with Crippen LogP contribution in [0.5, 0.6) is 5.75 Å². The topological polar surface area (TPSA) is 45.6 Å². The van der Waals surface area contributed by atoms with Gasteiger partial charge >= 0.3 is 0 Å². The molecular formula is C19H24N2O2. The van der Waals surface area contributed by atoms with E-state index in [4.69, 9.17) is 4.74 Å². The highest BCUT2D eigenvalue weighted by Gasteiger charge is 2.26. The number of para-hydroxylation sites is 1. The Kier molecular flexibility index (Phi) is 5.61. The molecule has 4 heteroatoms. The molecule has 1 fully saturated rings. The van der Waals surface area contributed by atoms with Crippen molar-refractivity contribution in [1.82, 2.24) is 9.88 Å². The first-order valence-corrected chi connectivity index (χ1v) is 8.32. The van der Waals surface area contributed by atoms with Crippen molar-refractivity contribution < 1.29 is 9.84 Å². The molecule has 0 amide bonds. The monoisotopic (exact) mass is 312 g/mol. The molecule has 3 rings (SSSR count). The number of likely N-dealkylation sites (tertiary alicyclic amines) is 1. The van der Waals surface area contributed by atoms with Crippen molar-refractivity contribution in [3.05, 3.63) is 60.4 Å². The summed E-state index contributed by atoms with van der Waals surface area (Å²) in [6.45, 7) is 3.65. The number of ether oxygens (including phenoxy) is 1. The number of aliphatic hydroxyl groups is 1. The molecular weight excluding hydrogens is 288 g/mol. The SMILES string of the molecule is OC(c1ccccn1)C1CCN(CCOc2ccccc2)CC1. The lowest BCUT2D eigenvalue weighted by molar-refractivity contribution is 0.0524. The van der Waals surface area contributed by atoms with Crippen LogP contribution in [0.25, 0.3) is 0 Å². The van der Waals surface area contributed by atoms with Gasteiger partial charge in [0.25, 0.3) is 0 Å². The molecule has 1 aromatic heterocycles. The summed E-state index contributed by atoms with van der Waals surface area (Å²) in [6, 6.07) is 15.6. The summed E-state index contributed by atoms with van der Waals surface area (Å²) in [5.41, 5.74) is 0.790. The summed E-state index contributed by atoms with van der Waals surface area (Å²) in [6.07, 6.45) is 3.31. The second-order valence-electron chi connectivity index (χ2n) is 6.04. The van der Waals surface area contributed by atoms with Crippen LogP contribution in [0.2, 0.25) is 0 Å². The molecule has 2 heterocycles. The molecule has 2 aromatic rings. The van der Waals surface area contributed by atoms with Crippen molar-refractivity contribution in [3.8, 4) is 5.75 Å². The van der Waals surface area contributed by atoms with Crippen LogP contribution in [0.15, 0.2) is 54.7 Å². The van der Waals surface area contributed by atoms with Gasteiger partial charge in [-0.15, -0.1) is 0 Å². The molecule has 122 valence electrons. The summed E-state index contributed by atoms with van der Waals surface area (Å²) in [7, 11) is 0. The summed E-state index contributed by atoms with van der Waals surface area (Å²) >= 11 is 0. The minimum Gasteiger partial charge on any atom is -0.492 e. The van der Waals surface area contributed by atoms with Crippen molar-refractivity contribution in [3.63, 3.8) is 0 Å². The fraction of sp³-hybridized carbons (Fsp3) is 0.421. The van der Waals surface area contributed by atoms with Crippen LogP contribution < -0.4 is 4.74 Å². The van der Waals surface area contributed by atoms with Gasteiger partial charge in [0.05, 0.1) is 11.8 Å². The molecule has 1 aliphatic heterocycles. The Balaban J connectivity index is 1.40. The maximum Gasteiger partial charge on any atom is 0.119 e. The molecule has 0 bridgehead atoms. The van der Waals surface area contributed by atoms with Gasteiger partial charge in [-0.1, -0.05) is 24.3 Å². The van der Waals surface area contributed by atoms with E-state index in [1.54, 1.807) is 6.20 Å². The second kappa shape index (κ2) is 8.09. The summed E-state index contributed by atoms with van der Waals surface area (Å²) in [4.78, 5) is 6.68. The number of hydrogen-bond donors (Lipinski definition) is 1. The Morgan fingerprint density at radius 3 is 2.52 bits per heavy atom. The molecule has 1 atom stereocenters. The van der Waals surface area contributed by atoms with Crippen LogP contribution in [0, 0.1) is 5.92 Å². The Hall–Kier alpha value is -1.91. The summed E-state index contributed by atoms with van der Waals surface area (Å²) in [5.74, 6) is 1.23. The highest BCUT2D eigenvalue weighted by Crippen LogP contribution is 2.29. The van der Waals surface area contributed by atoms with E-state index < -0.39 is 6.10 Å². The molecule has 1 N–H and O–H groups in total. The number of rotatable bonds is 6. The first-order valence-electron chi connectivity index (χ1n) is 8.32. The number of hydrogen-bond acceptors (Lipinski definition) is 4. The summed E-state index contributed by atoms with van der Waals surface area (Å²) in [5, 5.41) is 10.5. The van der Waals surface area contributed by atoms with Crippen LogP contribution in [0.3, 0.4) is 0 Å². The average molecular weight is 312 g/mol. The van der Waals surface area contributed by atoms with E-state index in [9.17, 15) is 5.11 Å². The van der Waals surface area contributed by atoms with E-state index >= 15 is 0 Å². The van der Waals surface area contributed by atoms with E-state index in [2.05, 4.69) is 9.88 Å². The molecule has 1 aromatic carbocycles. The molecule has 1 unspecified atom stereocenters. The van der Waals surface area contributed by atoms with E-state index in [0.717, 1.165) is 43.9 Å². The fourth-order valence-electron chi connectivity index (χ4n) is 3.09. The molecule has 0 aliphatic carbocycles. The molecule has 1 aliphatic rings. The van der Waals surface area contributed by atoms with Gasteiger partial charge < -0.3 is 9.84 Å². The predicted octanol–water partition coefficient (Wildman–Crippen LogP) is 2.91. The van der Waals surface area contributed by atoms with Gasteiger partial charge in [0.1, 0.15) is 12.4 Å². The number of aliphatic hydroxyl groups excluding tert-OH is 1. The van der Waals surface area contributed by atoms with E-state index in [1.807, 2.05) is 48.5 Å². The van der Waals surface area contributed by atoms with Gasteiger partial charge in [-0.05, 0) is 56.1 Å². The quantitative estimate of drug-likeness (QED) is 0.891. The van der Waals surface area contributed by atoms with E-state index in [0.29, 0.717) is 12.5 Å². The Labute approximate surface area is 137 Å². The third-order valence-corrected chi connectivity index (χ3v) is 4.49. The Bertz CT molecular complexity index is 568. The molecule has 23 heavy (non-hydrogen) atoms. The summed E-state index contributed by atoms with van der Waals surface area (Å²) < 4.78 is 5.75. The standard InChI is InChI=1S/C19H24N2O2/c22-19(18-8-4-5-11-20-18)16-9-12-21(13-10-16)14-15-23-17-6-2-1-3-7-17/h1-8,11,16,19,22H,9-10,12-15H2. The van der Waals surface area contributed by atoms with Crippen molar-refractivity contribution >= 4 is 0 Å². The maximum absolute atomic E-state index is 10.5. The average Bonchev–Trinajstić information content (AvgIpc) is 2.63.